The van der Waals surface area contributed by atoms with Crippen molar-refractivity contribution in [3.05, 3.63) is 0 Å². The van der Waals surface area contributed by atoms with Crippen LogP contribution in [-0.2, 0) is 9.59 Å². The highest BCUT2D eigenvalue weighted by molar-refractivity contribution is 5.79. The van der Waals surface area contributed by atoms with E-state index in [0.717, 1.165) is 45.3 Å². The summed E-state index contributed by atoms with van der Waals surface area (Å²) < 4.78 is 0. The van der Waals surface area contributed by atoms with Crippen LogP contribution in [-0.4, -0.2) is 71.7 Å². The van der Waals surface area contributed by atoms with Gasteiger partial charge in [0, 0.05) is 25.7 Å². The van der Waals surface area contributed by atoms with Gasteiger partial charge in [0.05, 0.1) is 12.7 Å². The number of nitrogens with two attached hydrogens (primary N) is 1. The molecule has 0 radical (unpaired) electrons. The van der Waals surface area contributed by atoms with Gasteiger partial charge in [-0.2, -0.15) is 0 Å². The van der Waals surface area contributed by atoms with Crippen molar-refractivity contribution in [2.75, 3.05) is 32.8 Å². The van der Waals surface area contributed by atoms with E-state index in [9.17, 15) is 9.59 Å². The number of nitrogens with zero attached hydrogens (tertiary/aromatic N) is 2. The van der Waals surface area contributed by atoms with Crippen molar-refractivity contribution in [2.45, 2.75) is 37.9 Å². The lowest BCUT2D eigenvalue weighted by molar-refractivity contribution is -0.133. The predicted molar refractivity (Wildman–Crippen MR) is 80.6 cm³/mol. The van der Waals surface area contributed by atoms with Gasteiger partial charge < -0.3 is 26.0 Å². The van der Waals surface area contributed by atoms with Gasteiger partial charge in [-0.15, -0.1) is 0 Å². The Morgan fingerprint density at radius 3 is 2.41 bits per heavy atom. The first-order chi connectivity index (χ1) is 10.6. The molecule has 0 spiro atoms. The van der Waals surface area contributed by atoms with Crippen LogP contribution < -0.4 is 11.1 Å². The summed E-state index contributed by atoms with van der Waals surface area (Å²) >= 11 is 0. The third-order valence-electron chi connectivity index (χ3n) is 5.40. The molecule has 124 valence electrons. The Morgan fingerprint density at radius 1 is 1.18 bits per heavy atom. The molecule has 3 aliphatic rings. The number of fused-ring (bicyclic) bond motifs is 1. The molecule has 7 heteroatoms. The van der Waals surface area contributed by atoms with Crippen molar-refractivity contribution in [1.82, 2.24) is 15.1 Å². The van der Waals surface area contributed by atoms with Gasteiger partial charge in [0.25, 0.3) is 0 Å². The molecule has 4 N–H and O–H groups in total. The molecule has 3 rings (SSSR count). The average Bonchev–Trinajstić information content (AvgIpc) is 3.17. The Hall–Kier alpha value is -1.18. The fraction of sp³-hybridized carbons (Fsp3) is 0.867. The lowest BCUT2D eigenvalue weighted by Crippen LogP contribution is -2.46. The van der Waals surface area contributed by atoms with E-state index in [4.69, 9.17) is 10.8 Å². The monoisotopic (exact) mass is 310 g/mol. The zero-order valence-electron chi connectivity index (χ0n) is 12.9. The number of nitrogens with one attached hydrogen (secondary N) is 1. The highest BCUT2D eigenvalue weighted by atomic mass is 16.3. The summed E-state index contributed by atoms with van der Waals surface area (Å²) in [6.07, 6.45) is 3.78. The van der Waals surface area contributed by atoms with Gasteiger partial charge >= 0.3 is 0 Å². The van der Waals surface area contributed by atoms with Crippen LogP contribution >= 0.6 is 0 Å². The van der Waals surface area contributed by atoms with Gasteiger partial charge in [0.2, 0.25) is 11.8 Å². The van der Waals surface area contributed by atoms with E-state index in [-0.39, 0.29) is 18.0 Å². The molecule has 0 bridgehead atoms. The molecule has 1 saturated carbocycles. The van der Waals surface area contributed by atoms with E-state index < -0.39 is 6.61 Å². The van der Waals surface area contributed by atoms with Crippen LogP contribution in [0.5, 0.6) is 0 Å². The maximum atomic E-state index is 12.1. The zero-order chi connectivity index (χ0) is 15.7. The summed E-state index contributed by atoms with van der Waals surface area (Å²) in [6.45, 7) is 2.22. The van der Waals surface area contributed by atoms with E-state index >= 15 is 0 Å². The molecule has 0 aromatic heterocycles. The molecular formula is C15H26N4O3. The Kier molecular flexibility index (Phi) is 4.65. The van der Waals surface area contributed by atoms with Gasteiger partial charge in [-0.3, -0.25) is 9.59 Å². The molecular weight excluding hydrogens is 284 g/mol. The smallest absolute Gasteiger partial charge is 0.248 e. The van der Waals surface area contributed by atoms with E-state index in [1.54, 1.807) is 9.80 Å². The summed E-state index contributed by atoms with van der Waals surface area (Å²) in [7, 11) is 0. The molecule has 4 atom stereocenters. The van der Waals surface area contributed by atoms with Crippen LogP contribution in [0.15, 0.2) is 0 Å². The van der Waals surface area contributed by atoms with Crippen molar-refractivity contribution in [1.29, 1.82) is 0 Å². The molecule has 0 aromatic carbocycles. The van der Waals surface area contributed by atoms with Crippen LogP contribution in [0.4, 0.5) is 0 Å². The Bertz CT molecular complexity index is 431. The number of aliphatic hydroxyl groups excluding tert-OH is 1. The SMILES string of the molecule is N[C@@H]1CCCN1C(=O)CNC1C[C@@H]2CN(C(=O)CO)C[C@@H]2C1. The minimum Gasteiger partial charge on any atom is -0.387 e. The molecule has 2 aliphatic heterocycles. The van der Waals surface area contributed by atoms with Crippen molar-refractivity contribution in [3.8, 4) is 0 Å². The summed E-state index contributed by atoms with van der Waals surface area (Å²) in [6, 6.07) is 0.351. The van der Waals surface area contributed by atoms with Gasteiger partial charge in [0.15, 0.2) is 0 Å². The van der Waals surface area contributed by atoms with Gasteiger partial charge in [-0.25, -0.2) is 0 Å². The zero-order valence-corrected chi connectivity index (χ0v) is 12.9. The molecule has 1 unspecified atom stereocenters. The lowest BCUT2D eigenvalue weighted by Gasteiger charge is -2.23. The maximum Gasteiger partial charge on any atom is 0.248 e. The number of carbonyl (C=O) groups is 2. The number of likely N-dealkylation sites (tertiary alicyclic amines) is 2. The highest BCUT2D eigenvalue weighted by Gasteiger charge is 2.42. The van der Waals surface area contributed by atoms with Crippen molar-refractivity contribution in [3.63, 3.8) is 0 Å². The van der Waals surface area contributed by atoms with Gasteiger partial charge in [-0.05, 0) is 37.5 Å². The number of carbonyl (C=O) groups excluding carboxylic acids is 2. The van der Waals surface area contributed by atoms with E-state index in [0.29, 0.717) is 24.4 Å². The molecule has 3 fully saturated rings. The van der Waals surface area contributed by atoms with Crippen LogP contribution in [0, 0.1) is 11.8 Å². The van der Waals surface area contributed by atoms with Crippen LogP contribution in [0.2, 0.25) is 0 Å². The number of amides is 2. The Morgan fingerprint density at radius 2 is 1.86 bits per heavy atom. The first-order valence-corrected chi connectivity index (χ1v) is 8.25. The number of hydrogen-bond donors (Lipinski definition) is 3. The molecule has 1 aliphatic carbocycles. The lowest BCUT2D eigenvalue weighted by atomic mass is 10.0. The summed E-state index contributed by atoms with van der Waals surface area (Å²) in [5.74, 6) is 0.922. The highest BCUT2D eigenvalue weighted by Crippen LogP contribution is 2.38. The third kappa shape index (κ3) is 3.11. The number of aliphatic hydroxyl groups is 1. The second-order valence-corrected chi connectivity index (χ2v) is 6.82. The standard InChI is InChI=1S/C15H26N4O3/c16-13-2-1-3-19(13)14(21)6-17-12-4-10-7-18(15(22)9-20)8-11(10)5-12/h10-13,17,20H,1-9,16H2/t10-,11+,12?,13-/m0/s1. The fourth-order valence-electron chi connectivity index (χ4n) is 4.21. The normalized spacial score (nSPS) is 34.3. The van der Waals surface area contributed by atoms with E-state index in [1.807, 2.05) is 0 Å². The van der Waals surface area contributed by atoms with Gasteiger partial charge in [-0.1, -0.05) is 0 Å². The minimum atomic E-state index is -0.397. The Balaban J connectivity index is 1.42. The molecule has 22 heavy (non-hydrogen) atoms. The maximum absolute atomic E-state index is 12.1. The van der Waals surface area contributed by atoms with Crippen LogP contribution in [0.25, 0.3) is 0 Å². The van der Waals surface area contributed by atoms with Crippen LogP contribution in [0.1, 0.15) is 25.7 Å². The van der Waals surface area contributed by atoms with E-state index in [1.165, 1.54) is 0 Å². The number of rotatable bonds is 4. The van der Waals surface area contributed by atoms with Crippen LogP contribution in [0.3, 0.4) is 0 Å². The predicted octanol–water partition coefficient (Wildman–Crippen LogP) is -1.29. The van der Waals surface area contributed by atoms with Crippen molar-refractivity contribution in [2.24, 2.45) is 17.6 Å². The summed E-state index contributed by atoms with van der Waals surface area (Å²) in [5, 5.41) is 12.3. The average molecular weight is 310 g/mol. The van der Waals surface area contributed by atoms with Gasteiger partial charge in [0.1, 0.15) is 6.61 Å². The third-order valence-corrected chi connectivity index (χ3v) is 5.40. The Labute approximate surface area is 130 Å². The first kappa shape index (κ1) is 15.7. The topological polar surface area (TPSA) is 98.9 Å². The largest absolute Gasteiger partial charge is 0.387 e. The first-order valence-electron chi connectivity index (χ1n) is 8.25. The number of hydrogen-bond acceptors (Lipinski definition) is 5. The molecule has 2 saturated heterocycles. The molecule has 2 amide bonds. The summed E-state index contributed by atoms with van der Waals surface area (Å²) in [5.41, 5.74) is 5.91. The van der Waals surface area contributed by atoms with E-state index in [2.05, 4.69) is 5.32 Å². The molecule has 2 heterocycles. The summed E-state index contributed by atoms with van der Waals surface area (Å²) in [4.78, 5) is 27.2. The quantitative estimate of drug-likeness (QED) is 0.600. The molecule has 0 aromatic rings. The fourth-order valence-corrected chi connectivity index (χ4v) is 4.21. The molecule has 7 nitrogen and oxygen atoms in total. The second kappa shape index (κ2) is 6.52. The minimum absolute atomic E-state index is 0.0964. The second-order valence-electron chi connectivity index (χ2n) is 6.82. The van der Waals surface area contributed by atoms with Crippen molar-refractivity contribution >= 4 is 11.8 Å². The van der Waals surface area contributed by atoms with Crippen molar-refractivity contribution < 1.29 is 14.7 Å².